The molecule has 0 saturated heterocycles. The first kappa shape index (κ1) is 16.1. The molecule has 0 aromatic carbocycles. The average Bonchev–Trinajstić information content (AvgIpc) is 2.26. The zero-order valence-electron chi connectivity index (χ0n) is 11.9. The molecule has 0 spiro atoms. The highest BCUT2D eigenvalue weighted by molar-refractivity contribution is 5.95. The molecule has 0 bridgehead atoms. The van der Waals surface area contributed by atoms with Gasteiger partial charge in [0.2, 0.25) is 0 Å². The van der Waals surface area contributed by atoms with E-state index in [0.717, 1.165) is 5.56 Å². The highest BCUT2D eigenvalue weighted by Crippen LogP contribution is 2.16. The highest BCUT2D eigenvalue weighted by Gasteiger charge is 2.36. The molecule has 0 aliphatic rings. The third-order valence-corrected chi connectivity index (χ3v) is 2.55. The molecule has 1 heterocycles. The average molecular weight is 280 g/mol. The lowest BCUT2D eigenvalue weighted by atomic mass is 9.94. The van der Waals surface area contributed by atoms with Gasteiger partial charge in [-0.1, -0.05) is 6.07 Å². The molecule has 2 atom stereocenters. The fourth-order valence-electron chi connectivity index (χ4n) is 1.73. The summed E-state index contributed by atoms with van der Waals surface area (Å²) in [6.07, 6.45) is 3.44. The fraction of sp³-hybridized carbons (Fsp3) is 0.500. The van der Waals surface area contributed by atoms with Gasteiger partial charge in [-0.25, -0.2) is 0 Å². The highest BCUT2D eigenvalue weighted by atomic mass is 16.6. The Labute approximate surface area is 118 Å². The van der Waals surface area contributed by atoms with Crippen molar-refractivity contribution >= 4 is 11.9 Å². The maximum Gasteiger partial charge on any atom is 0.322 e. The summed E-state index contributed by atoms with van der Waals surface area (Å²) in [5.74, 6) is -3.49. The number of aliphatic carboxylic acids is 1. The topological polar surface area (TPSA) is 103 Å². The van der Waals surface area contributed by atoms with Crippen molar-refractivity contribution in [2.24, 2.45) is 11.7 Å². The maximum absolute atomic E-state index is 11.9. The molecule has 0 radical (unpaired) electrons. The summed E-state index contributed by atoms with van der Waals surface area (Å²) in [6.45, 7) is 5.03. The van der Waals surface area contributed by atoms with Crippen molar-refractivity contribution in [2.45, 2.75) is 38.8 Å². The van der Waals surface area contributed by atoms with Gasteiger partial charge in [0, 0.05) is 18.4 Å². The molecule has 1 aromatic heterocycles. The summed E-state index contributed by atoms with van der Waals surface area (Å²) >= 11 is 0. The van der Waals surface area contributed by atoms with E-state index in [1.807, 2.05) is 0 Å². The molecule has 0 saturated carbocycles. The van der Waals surface area contributed by atoms with Crippen LogP contribution in [0.15, 0.2) is 24.5 Å². The van der Waals surface area contributed by atoms with Crippen LogP contribution in [-0.2, 0) is 20.7 Å². The number of nitrogens with two attached hydrogens (primary N) is 1. The maximum atomic E-state index is 11.9. The number of hydrogen-bond donors (Lipinski definition) is 2. The molecule has 1 unspecified atom stereocenters. The van der Waals surface area contributed by atoms with Gasteiger partial charge >= 0.3 is 11.9 Å². The van der Waals surface area contributed by atoms with Crippen LogP contribution in [0.2, 0.25) is 0 Å². The molecule has 0 aliphatic carbocycles. The molecule has 110 valence electrons. The van der Waals surface area contributed by atoms with Crippen LogP contribution in [-0.4, -0.2) is 33.7 Å². The molecule has 1 aromatic rings. The lowest BCUT2D eigenvalue weighted by Gasteiger charge is -2.25. The van der Waals surface area contributed by atoms with Crippen molar-refractivity contribution in [2.75, 3.05) is 0 Å². The van der Waals surface area contributed by atoms with Gasteiger partial charge < -0.3 is 15.6 Å². The van der Waals surface area contributed by atoms with Crippen molar-refractivity contribution in [1.82, 2.24) is 4.98 Å². The second-order valence-electron chi connectivity index (χ2n) is 5.58. The number of rotatable bonds is 5. The number of carbonyl (C=O) groups excluding carboxylic acids is 1. The zero-order chi connectivity index (χ0) is 15.3. The molecular weight excluding hydrogens is 260 g/mol. The molecule has 6 heteroatoms. The molecule has 6 nitrogen and oxygen atoms in total. The Bertz CT molecular complexity index is 468. The van der Waals surface area contributed by atoms with E-state index in [1.54, 1.807) is 45.3 Å². The van der Waals surface area contributed by atoms with Crippen LogP contribution in [0.5, 0.6) is 0 Å². The molecular formula is C14H20N2O4. The number of carbonyl (C=O) groups is 2. The van der Waals surface area contributed by atoms with Gasteiger partial charge in [0.1, 0.15) is 5.60 Å². The van der Waals surface area contributed by atoms with E-state index in [0.29, 0.717) is 0 Å². The van der Waals surface area contributed by atoms with E-state index >= 15 is 0 Å². The normalized spacial score (nSPS) is 14.4. The van der Waals surface area contributed by atoms with E-state index in [9.17, 15) is 14.7 Å². The second kappa shape index (κ2) is 6.47. The summed E-state index contributed by atoms with van der Waals surface area (Å²) in [6, 6.07) is 2.64. The van der Waals surface area contributed by atoms with Crippen LogP contribution in [0.4, 0.5) is 0 Å². The van der Waals surface area contributed by atoms with Gasteiger partial charge in [0.15, 0.2) is 5.92 Å². The third kappa shape index (κ3) is 4.97. The Morgan fingerprint density at radius 3 is 2.55 bits per heavy atom. The largest absolute Gasteiger partial charge is 0.481 e. The van der Waals surface area contributed by atoms with E-state index in [2.05, 4.69) is 4.98 Å². The predicted octanol–water partition coefficient (Wildman–Crippen LogP) is 0.994. The number of hydrogen-bond acceptors (Lipinski definition) is 5. The smallest absolute Gasteiger partial charge is 0.322 e. The van der Waals surface area contributed by atoms with E-state index in [1.165, 1.54) is 0 Å². The molecule has 1 rings (SSSR count). The van der Waals surface area contributed by atoms with Crippen molar-refractivity contribution in [3.63, 3.8) is 0 Å². The van der Waals surface area contributed by atoms with Crippen LogP contribution in [0.1, 0.15) is 26.3 Å². The summed E-state index contributed by atoms with van der Waals surface area (Å²) in [5.41, 5.74) is 5.88. The summed E-state index contributed by atoms with van der Waals surface area (Å²) < 4.78 is 5.10. The van der Waals surface area contributed by atoms with Crippen LogP contribution in [0.3, 0.4) is 0 Å². The van der Waals surface area contributed by atoms with Crippen molar-refractivity contribution < 1.29 is 19.4 Å². The Hall–Kier alpha value is -1.95. The van der Waals surface area contributed by atoms with Crippen LogP contribution < -0.4 is 5.73 Å². The first-order valence-electron chi connectivity index (χ1n) is 6.31. The fourth-order valence-corrected chi connectivity index (χ4v) is 1.73. The molecule has 0 amide bonds. The first-order chi connectivity index (χ1) is 9.20. The van der Waals surface area contributed by atoms with Gasteiger partial charge in [-0.15, -0.1) is 0 Å². The van der Waals surface area contributed by atoms with E-state index < -0.39 is 29.5 Å². The Morgan fingerprint density at radius 2 is 2.10 bits per heavy atom. The molecule has 20 heavy (non-hydrogen) atoms. The van der Waals surface area contributed by atoms with Gasteiger partial charge in [-0.05, 0) is 38.8 Å². The van der Waals surface area contributed by atoms with Gasteiger partial charge in [-0.2, -0.15) is 0 Å². The summed E-state index contributed by atoms with van der Waals surface area (Å²) in [5, 5.41) is 9.19. The van der Waals surface area contributed by atoms with E-state index in [-0.39, 0.29) is 6.42 Å². The number of ether oxygens (including phenoxy) is 1. The number of carboxylic acids is 1. The van der Waals surface area contributed by atoms with Gasteiger partial charge in [-0.3, -0.25) is 14.6 Å². The second-order valence-corrected chi connectivity index (χ2v) is 5.58. The third-order valence-electron chi connectivity index (χ3n) is 2.55. The van der Waals surface area contributed by atoms with Gasteiger partial charge in [0.25, 0.3) is 0 Å². The Balaban J connectivity index is 2.80. The van der Waals surface area contributed by atoms with Crippen LogP contribution in [0.25, 0.3) is 0 Å². The Kier molecular flexibility index (Phi) is 5.21. The number of carboxylic acid groups (broad SMARTS) is 1. The lowest BCUT2D eigenvalue weighted by Crippen LogP contribution is -2.45. The van der Waals surface area contributed by atoms with Crippen molar-refractivity contribution in [3.8, 4) is 0 Å². The summed E-state index contributed by atoms with van der Waals surface area (Å²) in [7, 11) is 0. The molecule has 0 aliphatic heterocycles. The van der Waals surface area contributed by atoms with Crippen molar-refractivity contribution in [3.05, 3.63) is 30.1 Å². The molecule has 0 fully saturated rings. The number of nitrogens with zero attached hydrogens (tertiary/aromatic N) is 1. The minimum atomic E-state index is -1.39. The number of aromatic nitrogens is 1. The minimum absolute atomic E-state index is 0.240. The number of pyridine rings is 1. The minimum Gasteiger partial charge on any atom is -0.481 e. The van der Waals surface area contributed by atoms with Crippen LogP contribution >= 0.6 is 0 Å². The Morgan fingerprint density at radius 1 is 1.45 bits per heavy atom. The molecule has 3 N–H and O–H groups in total. The first-order valence-corrected chi connectivity index (χ1v) is 6.31. The predicted molar refractivity (Wildman–Crippen MR) is 72.9 cm³/mol. The zero-order valence-corrected chi connectivity index (χ0v) is 11.9. The monoisotopic (exact) mass is 280 g/mol. The standard InChI is InChI=1S/C14H20N2O4/c1-14(2,3)20-13(19)11(12(17)18)10(15)7-9-5-4-6-16-8-9/h4-6,8,10-11H,7,15H2,1-3H3,(H,17,18)/t10?,11-/m1/s1. The van der Waals surface area contributed by atoms with Crippen molar-refractivity contribution in [1.29, 1.82) is 0 Å². The quantitative estimate of drug-likeness (QED) is 0.616. The lowest BCUT2D eigenvalue weighted by molar-refractivity contribution is -0.167. The van der Waals surface area contributed by atoms with Gasteiger partial charge in [0.05, 0.1) is 0 Å². The summed E-state index contributed by atoms with van der Waals surface area (Å²) in [4.78, 5) is 27.1. The van der Waals surface area contributed by atoms with Crippen LogP contribution in [0, 0.1) is 5.92 Å². The SMILES string of the molecule is CC(C)(C)OC(=O)[C@@H](C(=O)O)C(N)Cc1cccnc1. The van der Waals surface area contributed by atoms with E-state index in [4.69, 9.17) is 10.5 Å². The number of esters is 1.